The highest BCUT2D eigenvalue weighted by Crippen LogP contribution is 2.36. The van der Waals surface area contributed by atoms with E-state index in [4.69, 9.17) is 11.6 Å². The van der Waals surface area contributed by atoms with Crippen LogP contribution in [0.2, 0.25) is 5.02 Å². The van der Waals surface area contributed by atoms with Crippen LogP contribution in [0.5, 0.6) is 0 Å². The summed E-state index contributed by atoms with van der Waals surface area (Å²) in [6.07, 6.45) is -4.54. The average Bonchev–Trinajstić information content (AvgIpc) is 2.19. The Kier molecular flexibility index (Phi) is 6.45. The molecule has 0 aliphatic rings. The second-order valence-electron chi connectivity index (χ2n) is 3.27. The van der Waals surface area contributed by atoms with Gasteiger partial charge in [-0.1, -0.05) is 11.6 Å². The number of alkyl halides is 3. The van der Waals surface area contributed by atoms with Gasteiger partial charge in [0, 0.05) is 5.69 Å². The lowest BCUT2D eigenvalue weighted by Gasteiger charge is -2.11. The standard InChI is InChI=1S/C10H10ClF3N2O.ClH/c1-15-5-9(17)16-6-2-3-8(11)7(4-6)10(12,13)14;/h2-4,15H,5H2,1H3,(H,16,17);1H. The molecule has 0 aliphatic carbocycles. The zero-order valence-electron chi connectivity index (χ0n) is 9.27. The lowest BCUT2D eigenvalue weighted by atomic mass is 10.2. The van der Waals surface area contributed by atoms with Crippen LogP contribution in [-0.2, 0) is 11.0 Å². The van der Waals surface area contributed by atoms with Gasteiger partial charge in [-0.25, -0.2) is 0 Å². The zero-order chi connectivity index (χ0) is 13.1. The summed E-state index contributed by atoms with van der Waals surface area (Å²) >= 11 is 5.43. The molecule has 18 heavy (non-hydrogen) atoms. The minimum absolute atomic E-state index is 0. The Bertz CT molecular complexity index is 424. The Hall–Kier alpha value is -0.980. The van der Waals surface area contributed by atoms with E-state index >= 15 is 0 Å². The van der Waals surface area contributed by atoms with Crippen molar-refractivity contribution in [2.24, 2.45) is 0 Å². The number of nitrogens with one attached hydrogen (secondary N) is 2. The number of halogens is 5. The van der Waals surface area contributed by atoms with E-state index in [1.165, 1.54) is 6.07 Å². The lowest BCUT2D eigenvalue weighted by Crippen LogP contribution is -2.25. The molecule has 0 bridgehead atoms. The molecule has 1 amide bonds. The minimum Gasteiger partial charge on any atom is -0.325 e. The summed E-state index contributed by atoms with van der Waals surface area (Å²) < 4.78 is 37.5. The van der Waals surface area contributed by atoms with E-state index < -0.39 is 22.7 Å². The molecule has 1 rings (SSSR count). The van der Waals surface area contributed by atoms with Crippen molar-refractivity contribution >= 4 is 35.6 Å². The number of carbonyl (C=O) groups is 1. The molecule has 0 radical (unpaired) electrons. The van der Waals surface area contributed by atoms with Gasteiger partial charge >= 0.3 is 6.18 Å². The van der Waals surface area contributed by atoms with Gasteiger partial charge in [-0.15, -0.1) is 12.4 Å². The van der Waals surface area contributed by atoms with E-state index in [2.05, 4.69) is 10.6 Å². The van der Waals surface area contributed by atoms with E-state index in [1.54, 1.807) is 7.05 Å². The largest absolute Gasteiger partial charge is 0.417 e. The maximum absolute atomic E-state index is 12.5. The van der Waals surface area contributed by atoms with Crippen molar-refractivity contribution < 1.29 is 18.0 Å². The van der Waals surface area contributed by atoms with Crippen molar-refractivity contribution in [2.45, 2.75) is 6.18 Å². The Morgan fingerprint density at radius 2 is 2.00 bits per heavy atom. The molecule has 8 heteroatoms. The van der Waals surface area contributed by atoms with Crippen LogP contribution >= 0.6 is 24.0 Å². The van der Waals surface area contributed by atoms with E-state index in [9.17, 15) is 18.0 Å². The van der Waals surface area contributed by atoms with Gasteiger partial charge in [-0.2, -0.15) is 13.2 Å². The predicted molar refractivity (Wildman–Crippen MR) is 66.3 cm³/mol. The molecular weight excluding hydrogens is 292 g/mol. The summed E-state index contributed by atoms with van der Waals surface area (Å²) in [6, 6.07) is 3.21. The first-order valence-electron chi connectivity index (χ1n) is 4.66. The maximum Gasteiger partial charge on any atom is 0.417 e. The highest BCUT2D eigenvalue weighted by atomic mass is 35.5. The van der Waals surface area contributed by atoms with Crippen LogP contribution in [0.1, 0.15) is 5.56 Å². The Morgan fingerprint density at radius 3 is 2.50 bits per heavy atom. The maximum atomic E-state index is 12.5. The fraction of sp³-hybridized carbons (Fsp3) is 0.300. The molecular formula is C10H11Cl2F3N2O. The third-order valence-corrected chi connectivity index (χ3v) is 2.22. The number of carbonyl (C=O) groups excluding carboxylic acids is 1. The summed E-state index contributed by atoms with van der Waals surface area (Å²) in [5.41, 5.74) is -0.914. The predicted octanol–water partition coefficient (Wildman–Crippen LogP) is 2.94. The molecule has 0 saturated carbocycles. The van der Waals surface area contributed by atoms with Crippen LogP contribution in [0, 0.1) is 0 Å². The minimum atomic E-state index is -4.54. The van der Waals surface area contributed by atoms with E-state index in [0.717, 1.165) is 12.1 Å². The van der Waals surface area contributed by atoms with Crippen molar-refractivity contribution in [3.8, 4) is 0 Å². The van der Waals surface area contributed by atoms with Crippen molar-refractivity contribution in [1.29, 1.82) is 0 Å². The van der Waals surface area contributed by atoms with Crippen molar-refractivity contribution in [3.63, 3.8) is 0 Å². The van der Waals surface area contributed by atoms with Crippen LogP contribution in [0.15, 0.2) is 18.2 Å². The molecule has 102 valence electrons. The fourth-order valence-corrected chi connectivity index (χ4v) is 1.41. The highest BCUT2D eigenvalue weighted by Gasteiger charge is 2.33. The molecule has 0 saturated heterocycles. The van der Waals surface area contributed by atoms with E-state index in [-0.39, 0.29) is 24.6 Å². The zero-order valence-corrected chi connectivity index (χ0v) is 10.8. The highest BCUT2D eigenvalue weighted by molar-refractivity contribution is 6.31. The first kappa shape index (κ1) is 17.0. The third-order valence-electron chi connectivity index (χ3n) is 1.89. The summed E-state index contributed by atoms with van der Waals surface area (Å²) in [6.45, 7) is 0.0178. The number of anilines is 1. The van der Waals surface area contributed by atoms with E-state index in [1.807, 2.05) is 0 Å². The molecule has 0 heterocycles. The van der Waals surface area contributed by atoms with Gasteiger partial charge in [0.1, 0.15) is 0 Å². The van der Waals surface area contributed by atoms with Crippen LogP contribution in [-0.4, -0.2) is 19.5 Å². The first-order valence-corrected chi connectivity index (χ1v) is 5.03. The summed E-state index contributed by atoms with van der Waals surface area (Å²) in [7, 11) is 1.56. The average molecular weight is 303 g/mol. The van der Waals surface area contributed by atoms with Gasteiger partial charge in [0.2, 0.25) is 5.91 Å². The second kappa shape index (κ2) is 6.82. The van der Waals surface area contributed by atoms with Crippen LogP contribution < -0.4 is 10.6 Å². The Balaban J connectivity index is 0.00000289. The van der Waals surface area contributed by atoms with Crippen LogP contribution in [0.3, 0.4) is 0 Å². The van der Waals surface area contributed by atoms with Crippen molar-refractivity contribution in [2.75, 3.05) is 18.9 Å². The molecule has 2 N–H and O–H groups in total. The molecule has 1 aromatic rings. The summed E-state index contributed by atoms with van der Waals surface area (Å²) in [4.78, 5) is 11.2. The monoisotopic (exact) mass is 302 g/mol. The number of benzene rings is 1. The molecule has 0 fully saturated rings. The number of amides is 1. The SMILES string of the molecule is CNCC(=O)Nc1ccc(Cl)c(C(F)(F)F)c1.Cl. The van der Waals surface area contributed by atoms with Gasteiger partial charge in [-0.05, 0) is 25.2 Å². The molecule has 0 spiro atoms. The number of likely N-dealkylation sites (N-methyl/N-ethyl adjacent to an activating group) is 1. The van der Waals surface area contributed by atoms with Crippen molar-refractivity contribution in [3.05, 3.63) is 28.8 Å². The molecule has 0 aliphatic heterocycles. The van der Waals surface area contributed by atoms with Gasteiger partial charge < -0.3 is 10.6 Å². The topological polar surface area (TPSA) is 41.1 Å². The Labute approximate surface area is 113 Å². The number of rotatable bonds is 3. The normalized spacial score (nSPS) is 10.7. The quantitative estimate of drug-likeness (QED) is 0.901. The third kappa shape index (κ3) is 4.72. The number of hydrogen-bond donors (Lipinski definition) is 2. The number of hydrogen-bond acceptors (Lipinski definition) is 2. The lowest BCUT2D eigenvalue weighted by molar-refractivity contribution is -0.137. The molecule has 0 unspecified atom stereocenters. The molecule has 3 nitrogen and oxygen atoms in total. The smallest absolute Gasteiger partial charge is 0.325 e. The first-order chi connectivity index (χ1) is 7.84. The molecule has 1 aromatic carbocycles. The van der Waals surface area contributed by atoms with E-state index in [0.29, 0.717) is 0 Å². The van der Waals surface area contributed by atoms with Gasteiger partial charge in [0.25, 0.3) is 0 Å². The fourth-order valence-electron chi connectivity index (χ4n) is 1.19. The summed E-state index contributed by atoms with van der Waals surface area (Å²) in [5.74, 6) is -0.428. The molecule has 0 atom stereocenters. The van der Waals surface area contributed by atoms with Gasteiger partial charge in [0.05, 0.1) is 17.1 Å². The van der Waals surface area contributed by atoms with Crippen LogP contribution in [0.25, 0.3) is 0 Å². The summed E-state index contributed by atoms with van der Waals surface area (Å²) in [5, 5.41) is 4.51. The van der Waals surface area contributed by atoms with Crippen LogP contribution in [0.4, 0.5) is 18.9 Å². The molecule has 0 aromatic heterocycles. The second-order valence-corrected chi connectivity index (χ2v) is 3.68. The van der Waals surface area contributed by atoms with Gasteiger partial charge in [-0.3, -0.25) is 4.79 Å². The Morgan fingerprint density at radius 1 is 1.39 bits per heavy atom. The van der Waals surface area contributed by atoms with Crippen molar-refractivity contribution in [1.82, 2.24) is 5.32 Å². The van der Waals surface area contributed by atoms with Gasteiger partial charge in [0.15, 0.2) is 0 Å².